The van der Waals surface area contributed by atoms with Crippen LogP contribution in [-0.2, 0) is 4.79 Å². The molecule has 6 heteroatoms. The lowest BCUT2D eigenvalue weighted by Gasteiger charge is -2.23. The molecule has 0 aromatic heterocycles. The molecule has 1 saturated carbocycles. The number of hydrogen-bond acceptors (Lipinski definition) is 4. The fourth-order valence-corrected chi connectivity index (χ4v) is 4.31. The Balaban J connectivity index is 1.62. The zero-order chi connectivity index (χ0) is 20.6. The van der Waals surface area contributed by atoms with Crippen molar-refractivity contribution >= 4 is 29.3 Å². The van der Waals surface area contributed by atoms with Crippen LogP contribution >= 0.6 is 11.8 Å². The lowest BCUT2D eigenvalue weighted by molar-refractivity contribution is -0.115. The Morgan fingerprint density at radius 2 is 1.72 bits per heavy atom. The van der Waals surface area contributed by atoms with Crippen molar-refractivity contribution in [3.63, 3.8) is 0 Å². The van der Waals surface area contributed by atoms with E-state index >= 15 is 0 Å². The minimum atomic E-state index is -0.308. The standard InChI is InChI=1S/C23H28N2O3S/c1-16(29-19-14-12-18(28-2)13-15-19)22(26)25-21-11-7-6-10-20(21)23(27)24-17-8-4-3-5-9-17/h6-7,10-17H,3-5,8-9H2,1-2H3,(H,24,27)(H,25,26)/t16-/m1/s1. The molecule has 2 aromatic carbocycles. The summed E-state index contributed by atoms with van der Waals surface area (Å²) in [7, 11) is 1.63. The van der Waals surface area contributed by atoms with Gasteiger partial charge in [0.1, 0.15) is 5.75 Å². The molecule has 1 fully saturated rings. The van der Waals surface area contributed by atoms with E-state index in [4.69, 9.17) is 4.74 Å². The summed E-state index contributed by atoms with van der Waals surface area (Å²) in [5, 5.41) is 5.74. The molecular formula is C23H28N2O3S. The molecule has 154 valence electrons. The number of hydrogen-bond donors (Lipinski definition) is 2. The van der Waals surface area contributed by atoms with Gasteiger partial charge in [-0.2, -0.15) is 0 Å². The fourth-order valence-electron chi connectivity index (χ4n) is 3.45. The van der Waals surface area contributed by atoms with Gasteiger partial charge >= 0.3 is 0 Å². The minimum Gasteiger partial charge on any atom is -0.497 e. The highest BCUT2D eigenvalue weighted by Gasteiger charge is 2.21. The van der Waals surface area contributed by atoms with Gasteiger partial charge in [-0.3, -0.25) is 9.59 Å². The second-order valence-corrected chi connectivity index (χ2v) is 8.69. The Kier molecular flexibility index (Phi) is 7.58. The highest BCUT2D eigenvalue weighted by Crippen LogP contribution is 2.27. The lowest BCUT2D eigenvalue weighted by atomic mass is 9.95. The molecule has 0 bridgehead atoms. The minimum absolute atomic E-state index is 0.122. The predicted molar refractivity (Wildman–Crippen MR) is 118 cm³/mol. The monoisotopic (exact) mass is 412 g/mol. The average molecular weight is 413 g/mol. The molecule has 0 saturated heterocycles. The lowest BCUT2D eigenvalue weighted by Crippen LogP contribution is -2.36. The number of para-hydroxylation sites is 1. The molecule has 0 aliphatic heterocycles. The highest BCUT2D eigenvalue weighted by molar-refractivity contribution is 8.00. The number of rotatable bonds is 7. The smallest absolute Gasteiger partial charge is 0.253 e. The SMILES string of the molecule is COc1ccc(S[C@H](C)C(=O)Nc2ccccc2C(=O)NC2CCCCC2)cc1. The molecule has 2 amide bonds. The van der Waals surface area contributed by atoms with Crippen molar-refractivity contribution in [2.45, 2.75) is 55.2 Å². The second kappa shape index (κ2) is 10.3. The molecule has 0 spiro atoms. The van der Waals surface area contributed by atoms with Crippen LogP contribution < -0.4 is 15.4 Å². The van der Waals surface area contributed by atoms with Crippen molar-refractivity contribution in [2.24, 2.45) is 0 Å². The zero-order valence-electron chi connectivity index (χ0n) is 16.9. The van der Waals surface area contributed by atoms with E-state index in [2.05, 4.69) is 10.6 Å². The Morgan fingerprint density at radius 1 is 1.03 bits per heavy atom. The maximum atomic E-state index is 12.8. The van der Waals surface area contributed by atoms with Crippen LogP contribution in [0.25, 0.3) is 0 Å². The summed E-state index contributed by atoms with van der Waals surface area (Å²) in [4.78, 5) is 26.5. The van der Waals surface area contributed by atoms with Crippen molar-refractivity contribution in [2.75, 3.05) is 12.4 Å². The zero-order valence-corrected chi connectivity index (χ0v) is 17.8. The first kappa shape index (κ1) is 21.2. The summed E-state index contributed by atoms with van der Waals surface area (Å²) >= 11 is 1.46. The topological polar surface area (TPSA) is 67.4 Å². The van der Waals surface area contributed by atoms with Crippen LogP contribution in [0.4, 0.5) is 5.69 Å². The van der Waals surface area contributed by atoms with Crippen LogP contribution in [0, 0.1) is 0 Å². The Bertz CT molecular complexity index is 832. The third-order valence-corrected chi connectivity index (χ3v) is 6.22. The number of carbonyl (C=O) groups is 2. The van der Waals surface area contributed by atoms with E-state index in [0.717, 1.165) is 36.3 Å². The molecule has 2 N–H and O–H groups in total. The number of benzene rings is 2. The molecule has 0 radical (unpaired) electrons. The maximum Gasteiger partial charge on any atom is 0.253 e. The maximum absolute atomic E-state index is 12.8. The number of nitrogens with one attached hydrogen (secondary N) is 2. The predicted octanol–water partition coefficient (Wildman–Crippen LogP) is 4.88. The highest BCUT2D eigenvalue weighted by atomic mass is 32.2. The Labute approximate surface area is 176 Å². The van der Waals surface area contributed by atoms with Crippen LogP contribution in [0.15, 0.2) is 53.4 Å². The third-order valence-electron chi connectivity index (χ3n) is 5.11. The van der Waals surface area contributed by atoms with Gasteiger partial charge < -0.3 is 15.4 Å². The Morgan fingerprint density at radius 3 is 2.41 bits per heavy atom. The fraction of sp³-hybridized carbons (Fsp3) is 0.391. The van der Waals surface area contributed by atoms with Crippen LogP contribution in [0.2, 0.25) is 0 Å². The summed E-state index contributed by atoms with van der Waals surface area (Å²) in [6, 6.07) is 15.0. The van der Waals surface area contributed by atoms with Crippen LogP contribution in [-0.4, -0.2) is 30.2 Å². The number of amides is 2. The van der Waals surface area contributed by atoms with Crippen molar-refractivity contribution in [3.8, 4) is 5.75 Å². The number of ether oxygens (including phenoxy) is 1. The molecule has 5 nitrogen and oxygen atoms in total. The molecule has 0 unspecified atom stereocenters. The molecule has 0 heterocycles. The van der Waals surface area contributed by atoms with Crippen molar-refractivity contribution in [1.82, 2.24) is 5.32 Å². The van der Waals surface area contributed by atoms with E-state index in [1.165, 1.54) is 18.2 Å². The second-order valence-electron chi connectivity index (χ2n) is 7.28. The van der Waals surface area contributed by atoms with Gasteiger partial charge in [-0.25, -0.2) is 0 Å². The summed E-state index contributed by atoms with van der Waals surface area (Å²) in [6.07, 6.45) is 5.60. The number of methoxy groups -OCH3 is 1. The molecule has 29 heavy (non-hydrogen) atoms. The first-order chi connectivity index (χ1) is 14.1. The Hall–Kier alpha value is -2.47. The van der Waals surface area contributed by atoms with E-state index in [9.17, 15) is 9.59 Å². The van der Waals surface area contributed by atoms with Gasteiger partial charge in [-0.1, -0.05) is 31.4 Å². The van der Waals surface area contributed by atoms with Crippen LogP contribution in [0.1, 0.15) is 49.4 Å². The van der Waals surface area contributed by atoms with E-state index < -0.39 is 0 Å². The summed E-state index contributed by atoms with van der Waals surface area (Å²) in [6.45, 7) is 1.86. The first-order valence-electron chi connectivity index (χ1n) is 10.1. The molecule has 1 aliphatic rings. The largest absolute Gasteiger partial charge is 0.497 e. The van der Waals surface area contributed by atoms with Gasteiger partial charge in [-0.05, 0) is 56.2 Å². The van der Waals surface area contributed by atoms with E-state index in [-0.39, 0.29) is 23.1 Å². The molecular weight excluding hydrogens is 384 g/mol. The molecule has 3 rings (SSSR count). The first-order valence-corrected chi connectivity index (χ1v) is 11.0. The van der Waals surface area contributed by atoms with Gasteiger partial charge in [0, 0.05) is 10.9 Å². The van der Waals surface area contributed by atoms with E-state index in [1.807, 2.05) is 43.3 Å². The number of thioether (sulfide) groups is 1. The van der Waals surface area contributed by atoms with Gasteiger partial charge in [-0.15, -0.1) is 11.8 Å². The van der Waals surface area contributed by atoms with Gasteiger partial charge in [0.05, 0.1) is 23.6 Å². The third kappa shape index (κ3) is 6.00. The summed E-state index contributed by atoms with van der Waals surface area (Å²) < 4.78 is 5.16. The van der Waals surface area contributed by atoms with E-state index in [1.54, 1.807) is 19.2 Å². The van der Waals surface area contributed by atoms with Gasteiger partial charge in [0.2, 0.25) is 5.91 Å². The molecule has 2 aromatic rings. The number of anilines is 1. The summed E-state index contributed by atoms with van der Waals surface area (Å²) in [5.41, 5.74) is 1.06. The van der Waals surface area contributed by atoms with Gasteiger partial charge in [0.15, 0.2) is 0 Å². The average Bonchev–Trinajstić information content (AvgIpc) is 2.75. The van der Waals surface area contributed by atoms with E-state index in [0.29, 0.717) is 11.3 Å². The van der Waals surface area contributed by atoms with Crippen molar-refractivity contribution in [3.05, 3.63) is 54.1 Å². The number of carbonyl (C=O) groups excluding carboxylic acids is 2. The van der Waals surface area contributed by atoms with Crippen molar-refractivity contribution < 1.29 is 14.3 Å². The molecule has 1 atom stereocenters. The normalized spacial score (nSPS) is 15.4. The van der Waals surface area contributed by atoms with Crippen LogP contribution in [0.3, 0.4) is 0 Å². The molecule has 1 aliphatic carbocycles. The van der Waals surface area contributed by atoms with Crippen molar-refractivity contribution in [1.29, 1.82) is 0 Å². The van der Waals surface area contributed by atoms with Crippen LogP contribution in [0.5, 0.6) is 5.75 Å². The summed E-state index contributed by atoms with van der Waals surface area (Å²) in [5.74, 6) is 0.524. The quantitative estimate of drug-likeness (QED) is 0.636. The van der Waals surface area contributed by atoms with Gasteiger partial charge in [0.25, 0.3) is 5.91 Å².